The Bertz CT molecular complexity index is 878. The summed E-state index contributed by atoms with van der Waals surface area (Å²) in [6.07, 6.45) is -3.11. The van der Waals surface area contributed by atoms with Gasteiger partial charge in [-0.05, 0) is 30.2 Å². The van der Waals surface area contributed by atoms with Crippen LogP contribution in [-0.2, 0) is 11.0 Å². The predicted molar refractivity (Wildman–Crippen MR) is 94.8 cm³/mol. The van der Waals surface area contributed by atoms with Crippen LogP contribution in [-0.4, -0.2) is 12.1 Å². The minimum atomic E-state index is -4.61. The van der Waals surface area contributed by atoms with E-state index < -0.39 is 23.6 Å². The fourth-order valence-corrected chi connectivity index (χ4v) is 2.83. The molecule has 0 saturated carbocycles. The lowest BCUT2D eigenvalue weighted by Crippen LogP contribution is -2.30. The first-order chi connectivity index (χ1) is 12.9. The number of azo groups is 1. The molecule has 3 rings (SSSR count). The molecule has 0 aliphatic carbocycles. The minimum Gasteiger partial charge on any atom is -0.272 e. The molecule has 0 radical (unpaired) electrons. The number of carbonyl (C=O) groups excluding carboxylic acids is 1. The Morgan fingerprint density at radius 2 is 1.93 bits per heavy atom. The van der Waals surface area contributed by atoms with Crippen molar-refractivity contribution in [1.29, 1.82) is 0 Å². The molecular weight excluding hydrogens is 357 g/mol. The molecule has 1 amide bonds. The van der Waals surface area contributed by atoms with Gasteiger partial charge in [-0.1, -0.05) is 36.4 Å². The van der Waals surface area contributed by atoms with Crippen molar-refractivity contribution in [2.24, 2.45) is 15.3 Å². The molecule has 1 aliphatic heterocycles. The summed E-state index contributed by atoms with van der Waals surface area (Å²) in [4.78, 5) is 11.9. The number of hydrazone groups is 1. The quantitative estimate of drug-likeness (QED) is 0.740. The Morgan fingerprint density at radius 1 is 1.19 bits per heavy atom. The summed E-state index contributed by atoms with van der Waals surface area (Å²) in [5.74, 6) is -1.50. The molecule has 0 bridgehead atoms. The van der Waals surface area contributed by atoms with Gasteiger partial charge in [0, 0.05) is 12.6 Å². The van der Waals surface area contributed by atoms with Crippen LogP contribution in [0.25, 0.3) is 0 Å². The number of nitrogens with one attached hydrogen (secondary N) is 1. The van der Waals surface area contributed by atoms with Gasteiger partial charge >= 0.3 is 6.18 Å². The van der Waals surface area contributed by atoms with Gasteiger partial charge in [-0.15, -0.1) is 0 Å². The minimum absolute atomic E-state index is 0.0822. The average Bonchev–Trinajstić information content (AvgIpc) is 2.66. The standard InChI is InChI=1S/C19H17F3N4O/c1-12(13-5-3-2-4-6-13)24-25-14-7-8-15(17(11-14)19(20,21)22)16-9-10-23-26-18(16)27/h2-8,10-12,16H,9H2,1H3,(H,26,27). The van der Waals surface area contributed by atoms with Crippen LogP contribution in [0, 0.1) is 0 Å². The van der Waals surface area contributed by atoms with E-state index in [0.717, 1.165) is 11.6 Å². The molecule has 1 N–H and O–H groups in total. The zero-order valence-electron chi connectivity index (χ0n) is 14.4. The van der Waals surface area contributed by atoms with E-state index >= 15 is 0 Å². The van der Waals surface area contributed by atoms with Gasteiger partial charge in [0.15, 0.2) is 0 Å². The first-order valence-electron chi connectivity index (χ1n) is 8.34. The number of halogens is 3. The molecule has 2 aromatic rings. The third-order valence-corrected chi connectivity index (χ3v) is 4.27. The SMILES string of the molecule is CC(N=Nc1ccc(C2CC=NNC2=O)c(C(F)(F)F)c1)c1ccccc1. The Kier molecular flexibility index (Phi) is 5.34. The summed E-state index contributed by atoms with van der Waals surface area (Å²) in [5, 5.41) is 11.6. The van der Waals surface area contributed by atoms with E-state index in [0.29, 0.717) is 0 Å². The van der Waals surface area contributed by atoms with Crippen LogP contribution in [0.15, 0.2) is 63.9 Å². The van der Waals surface area contributed by atoms with Gasteiger partial charge in [-0.25, -0.2) is 5.43 Å². The number of hydrogen-bond acceptors (Lipinski definition) is 4. The van der Waals surface area contributed by atoms with E-state index in [1.807, 2.05) is 37.3 Å². The molecule has 0 fully saturated rings. The second-order valence-corrected chi connectivity index (χ2v) is 6.15. The van der Waals surface area contributed by atoms with Crippen LogP contribution in [0.1, 0.15) is 42.0 Å². The van der Waals surface area contributed by atoms with Crippen LogP contribution in [0.4, 0.5) is 18.9 Å². The Balaban J connectivity index is 1.91. The van der Waals surface area contributed by atoms with Crippen LogP contribution in [0.3, 0.4) is 0 Å². The first-order valence-corrected chi connectivity index (χ1v) is 8.34. The van der Waals surface area contributed by atoms with Gasteiger partial charge in [0.1, 0.15) is 0 Å². The first kappa shape index (κ1) is 18.8. The van der Waals surface area contributed by atoms with Crippen LogP contribution in [0.2, 0.25) is 0 Å². The Morgan fingerprint density at radius 3 is 2.59 bits per heavy atom. The van der Waals surface area contributed by atoms with Gasteiger partial charge in [0.05, 0.1) is 23.2 Å². The van der Waals surface area contributed by atoms with Crippen molar-refractivity contribution in [1.82, 2.24) is 5.43 Å². The normalized spacial score (nSPS) is 18.5. The van der Waals surface area contributed by atoms with Gasteiger partial charge < -0.3 is 0 Å². The number of alkyl halides is 3. The topological polar surface area (TPSA) is 66.2 Å². The monoisotopic (exact) mass is 374 g/mol. The van der Waals surface area contributed by atoms with Gasteiger partial charge in [0.25, 0.3) is 0 Å². The molecule has 2 atom stereocenters. The molecule has 0 aromatic heterocycles. The highest BCUT2D eigenvalue weighted by Gasteiger charge is 2.37. The molecule has 2 aromatic carbocycles. The lowest BCUT2D eigenvalue weighted by molar-refractivity contribution is -0.138. The van der Waals surface area contributed by atoms with Gasteiger partial charge in [0.2, 0.25) is 5.91 Å². The van der Waals surface area contributed by atoms with Gasteiger partial charge in [-0.3, -0.25) is 4.79 Å². The van der Waals surface area contributed by atoms with E-state index in [9.17, 15) is 18.0 Å². The summed E-state index contributed by atoms with van der Waals surface area (Å²) in [7, 11) is 0. The second-order valence-electron chi connectivity index (χ2n) is 6.15. The average molecular weight is 374 g/mol. The zero-order chi connectivity index (χ0) is 19.4. The summed E-state index contributed by atoms with van der Waals surface area (Å²) in [5.41, 5.74) is 2.21. The third kappa shape index (κ3) is 4.39. The molecule has 27 heavy (non-hydrogen) atoms. The largest absolute Gasteiger partial charge is 0.416 e. The van der Waals surface area contributed by atoms with Crippen molar-refractivity contribution in [3.05, 3.63) is 65.2 Å². The lowest BCUT2D eigenvalue weighted by atomic mass is 9.90. The molecule has 1 heterocycles. The van der Waals surface area contributed by atoms with Gasteiger partial charge in [-0.2, -0.15) is 28.5 Å². The van der Waals surface area contributed by atoms with Crippen molar-refractivity contribution in [3.63, 3.8) is 0 Å². The predicted octanol–water partition coefficient (Wildman–Crippen LogP) is 5.14. The van der Waals surface area contributed by atoms with Crippen LogP contribution >= 0.6 is 0 Å². The van der Waals surface area contributed by atoms with E-state index in [4.69, 9.17) is 0 Å². The Labute approximate surface area is 154 Å². The van der Waals surface area contributed by atoms with Crippen LogP contribution < -0.4 is 5.43 Å². The van der Waals surface area contributed by atoms with Crippen molar-refractivity contribution >= 4 is 17.8 Å². The molecule has 8 heteroatoms. The molecule has 1 aliphatic rings. The van der Waals surface area contributed by atoms with E-state index in [1.165, 1.54) is 18.3 Å². The summed E-state index contributed by atoms with van der Waals surface area (Å²) >= 11 is 0. The van der Waals surface area contributed by atoms with Crippen molar-refractivity contribution in [2.45, 2.75) is 31.5 Å². The summed E-state index contributed by atoms with van der Waals surface area (Å²) in [6.45, 7) is 1.81. The van der Waals surface area contributed by atoms with Crippen molar-refractivity contribution in [2.75, 3.05) is 0 Å². The highest BCUT2D eigenvalue weighted by atomic mass is 19.4. The lowest BCUT2D eigenvalue weighted by Gasteiger charge is -2.21. The molecule has 0 spiro atoms. The maximum Gasteiger partial charge on any atom is 0.416 e. The summed E-state index contributed by atoms with van der Waals surface area (Å²) in [6, 6.07) is 12.7. The molecule has 5 nitrogen and oxygen atoms in total. The van der Waals surface area contributed by atoms with E-state index in [-0.39, 0.29) is 23.7 Å². The molecule has 2 unspecified atom stereocenters. The number of amides is 1. The number of carbonyl (C=O) groups is 1. The molecular formula is C19H17F3N4O. The maximum atomic E-state index is 13.5. The molecule has 0 saturated heterocycles. The highest BCUT2D eigenvalue weighted by molar-refractivity contribution is 5.89. The van der Waals surface area contributed by atoms with E-state index in [2.05, 4.69) is 20.8 Å². The smallest absolute Gasteiger partial charge is 0.272 e. The summed E-state index contributed by atoms with van der Waals surface area (Å²) < 4.78 is 40.6. The fraction of sp³-hybridized carbons (Fsp3) is 0.263. The van der Waals surface area contributed by atoms with Crippen molar-refractivity contribution < 1.29 is 18.0 Å². The Hall–Kier alpha value is -3.03. The van der Waals surface area contributed by atoms with Crippen molar-refractivity contribution in [3.8, 4) is 0 Å². The zero-order valence-corrected chi connectivity index (χ0v) is 14.4. The number of hydrogen-bond donors (Lipinski definition) is 1. The molecule has 140 valence electrons. The van der Waals surface area contributed by atoms with E-state index in [1.54, 1.807) is 0 Å². The second kappa shape index (κ2) is 7.69. The highest BCUT2D eigenvalue weighted by Crippen LogP contribution is 2.39. The number of nitrogens with zero attached hydrogens (tertiary/aromatic N) is 3. The number of rotatable bonds is 4. The maximum absolute atomic E-state index is 13.5. The fourth-order valence-electron chi connectivity index (χ4n) is 2.83. The number of benzene rings is 2. The van der Waals surface area contributed by atoms with Crippen LogP contribution in [0.5, 0.6) is 0 Å². The third-order valence-electron chi connectivity index (χ3n) is 4.27.